The third-order valence-corrected chi connectivity index (χ3v) is 7.34. The van der Waals surface area contributed by atoms with Gasteiger partial charge in [-0.1, -0.05) is 18.2 Å². The van der Waals surface area contributed by atoms with Gasteiger partial charge in [0.1, 0.15) is 11.0 Å². The fourth-order valence-corrected chi connectivity index (χ4v) is 6.40. The lowest BCUT2D eigenvalue weighted by atomic mass is 9.54. The highest BCUT2D eigenvalue weighted by molar-refractivity contribution is 6.15. The number of fused-ring (bicyclic) bond motifs is 4. The Kier molecular flexibility index (Phi) is 3.61. The predicted molar refractivity (Wildman–Crippen MR) is 99.8 cm³/mol. The molecule has 2 N–H and O–H groups in total. The van der Waals surface area contributed by atoms with Crippen molar-refractivity contribution < 1.29 is 19.7 Å². The van der Waals surface area contributed by atoms with Crippen molar-refractivity contribution >= 4 is 17.4 Å². The smallest absolute Gasteiger partial charge is 0.319 e. The molecule has 4 aliphatic heterocycles. The molecule has 27 heavy (non-hydrogen) atoms. The molecule has 0 spiro atoms. The highest BCUT2D eigenvalue weighted by Gasteiger charge is 2.69. The van der Waals surface area contributed by atoms with Crippen LogP contribution in [0, 0.1) is 17.3 Å². The molecule has 1 saturated carbocycles. The quantitative estimate of drug-likeness (QED) is 0.773. The molecule has 4 heterocycles. The van der Waals surface area contributed by atoms with Crippen LogP contribution in [0.2, 0.25) is 0 Å². The first-order valence-electron chi connectivity index (χ1n) is 9.84. The molecule has 6 nitrogen and oxygen atoms in total. The second kappa shape index (κ2) is 5.63. The maximum absolute atomic E-state index is 13.3. The Balaban J connectivity index is 1.76. The molecule has 1 unspecified atom stereocenters. The van der Waals surface area contributed by atoms with E-state index in [1.54, 1.807) is 6.92 Å². The minimum absolute atomic E-state index is 0.0367. The standard InChI is InChI=1S/C21H26N2O4/c1-12(24)14-9-13-10-20(19(25)27-2)17(14)23(11-13)8-7-21(26)15-5-3-4-6-16(15)22-18(20)21/h3-6,12-14,17,24,26H,7-11H2,1-2H3/t12-,13+,14+,17-,20-,21-/m0/s1. The Morgan fingerprint density at radius 1 is 1.41 bits per heavy atom. The summed E-state index contributed by atoms with van der Waals surface area (Å²) in [7, 11) is 1.41. The monoisotopic (exact) mass is 370 g/mol. The summed E-state index contributed by atoms with van der Waals surface area (Å²) in [5.41, 5.74) is -0.219. The van der Waals surface area contributed by atoms with E-state index < -0.39 is 17.1 Å². The van der Waals surface area contributed by atoms with Gasteiger partial charge in [0.2, 0.25) is 0 Å². The molecule has 1 aliphatic carbocycles. The van der Waals surface area contributed by atoms with E-state index >= 15 is 0 Å². The number of aliphatic imine (C=N–C) groups is 1. The van der Waals surface area contributed by atoms with Crippen LogP contribution in [-0.4, -0.2) is 59.1 Å². The largest absolute Gasteiger partial charge is 0.468 e. The second-order valence-electron chi connectivity index (χ2n) is 8.70. The van der Waals surface area contributed by atoms with Crippen LogP contribution in [0.5, 0.6) is 0 Å². The van der Waals surface area contributed by atoms with Crippen molar-refractivity contribution in [1.29, 1.82) is 0 Å². The summed E-state index contributed by atoms with van der Waals surface area (Å²) in [5, 5.41) is 22.3. The zero-order valence-electron chi connectivity index (χ0n) is 15.8. The zero-order chi connectivity index (χ0) is 19.0. The van der Waals surface area contributed by atoms with E-state index in [9.17, 15) is 15.0 Å². The number of carbonyl (C=O) groups excluding carboxylic acids is 1. The van der Waals surface area contributed by atoms with E-state index in [2.05, 4.69) is 4.90 Å². The van der Waals surface area contributed by atoms with Gasteiger partial charge >= 0.3 is 5.97 Å². The lowest BCUT2D eigenvalue weighted by molar-refractivity contribution is -0.168. The van der Waals surface area contributed by atoms with Crippen molar-refractivity contribution in [3.63, 3.8) is 0 Å². The average Bonchev–Trinajstić information content (AvgIpc) is 2.95. The van der Waals surface area contributed by atoms with E-state index in [1.165, 1.54) is 7.11 Å². The molecule has 0 aromatic heterocycles. The van der Waals surface area contributed by atoms with Crippen molar-refractivity contribution in [1.82, 2.24) is 4.90 Å². The summed E-state index contributed by atoms with van der Waals surface area (Å²) in [4.78, 5) is 20.5. The highest BCUT2D eigenvalue weighted by atomic mass is 16.5. The third kappa shape index (κ3) is 2.06. The first kappa shape index (κ1) is 17.3. The summed E-state index contributed by atoms with van der Waals surface area (Å²) in [6.45, 7) is 3.38. The van der Waals surface area contributed by atoms with Crippen LogP contribution in [0.3, 0.4) is 0 Å². The van der Waals surface area contributed by atoms with Gasteiger partial charge in [-0.2, -0.15) is 0 Å². The van der Waals surface area contributed by atoms with Gasteiger partial charge in [0.05, 0.1) is 24.6 Å². The van der Waals surface area contributed by atoms with Gasteiger partial charge in [-0.3, -0.25) is 14.7 Å². The van der Waals surface area contributed by atoms with Gasteiger partial charge in [0, 0.05) is 30.6 Å². The Hall–Kier alpha value is -1.76. The number of benzene rings is 1. The Morgan fingerprint density at radius 2 is 2.19 bits per heavy atom. The van der Waals surface area contributed by atoms with Gasteiger partial charge in [0.15, 0.2) is 0 Å². The van der Waals surface area contributed by atoms with E-state index in [0.29, 0.717) is 25.1 Å². The zero-order valence-corrected chi connectivity index (χ0v) is 15.8. The fraction of sp³-hybridized carbons (Fsp3) is 0.619. The van der Waals surface area contributed by atoms with E-state index in [1.807, 2.05) is 24.3 Å². The topological polar surface area (TPSA) is 82.4 Å². The molecule has 6 heteroatoms. The van der Waals surface area contributed by atoms with Gasteiger partial charge in [-0.05, 0) is 38.2 Å². The Labute approximate surface area is 158 Å². The van der Waals surface area contributed by atoms with Crippen LogP contribution >= 0.6 is 0 Å². The molecular weight excluding hydrogens is 344 g/mol. The second-order valence-corrected chi connectivity index (χ2v) is 8.70. The number of ether oxygens (including phenoxy) is 1. The van der Waals surface area contributed by atoms with Gasteiger partial charge in [-0.25, -0.2) is 0 Å². The number of hydrogen-bond donors (Lipinski definition) is 2. The van der Waals surface area contributed by atoms with Gasteiger partial charge in [-0.15, -0.1) is 0 Å². The lowest BCUT2D eigenvalue weighted by Crippen LogP contribution is -2.69. The molecule has 4 bridgehead atoms. The number of carbonyl (C=O) groups is 1. The summed E-state index contributed by atoms with van der Waals surface area (Å²) < 4.78 is 5.32. The minimum atomic E-state index is -1.26. The number of piperidine rings is 2. The normalized spacial score (nSPS) is 42.6. The summed E-state index contributed by atoms with van der Waals surface area (Å²) in [6, 6.07) is 7.41. The number of aliphatic hydroxyl groups is 2. The van der Waals surface area contributed by atoms with Gasteiger partial charge < -0.3 is 14.9 Å². The van der Waals surface area contributed by atoms with E-state index in [4.69, 9.17) is 9.73 Å². The molecule has 3 saturated heterocycles. The maximum Gasteiger partial charge on any atom is 0.319 e. The first-order valence-corrected chi connectivity index (χ1v) is 9.84. The number of aliphatic hydroxyl groups excluding tert-OH is 1. The van der Waals surface area contributed by atoms with E-state index in [-0.39, 0.29) is 23.8 Å². The fourth-order valence-electron chi connectivity index (χ4n) is 6.40. The minimum Gasteiger partial charge on any atom is -0.468 e. The number of rotatable bonds is 2. The molecule has 144 valence electrons. The number of hydrogen-bond acceptors (Lipinski definition) is 6. The Bertz CT molecular complexity index is 837. The average molecular weight is 370 g/mol. The molecule has 1 aromatic carbocycles. The van der Waals surface area contributed by atoms with Crippen molar-refractivity contribution in [2.24, 2.45) is 22.2 Å². The molecule has 7 atom stereocenters. The van der Waals surface area contributed by atoms with Crippen molar-refractivity contribution in [2.45, 2.75) is 43.9 Å². The lowest BCUT2D eigenvalue weighted by Gasteiger charge is -2.58. The number of esters is 1. The summed E-state index contributed by atoms with van der Waals surface area (Å²) in [6.07, 6.45) is 1.49. The number of methoxy groups -OCH3 is 1. The molecule has 0 amide bonds. The number of para-hydroxylation sites is 1. The molecule has 4 fully saturated rings. The van der Waals surface area contributed by atoms with Crippen LogP contribution in [0.1, 0.15) is 31.7 Å². The SMILES string of the molecule is COC(=O)[C@@]12C[C@H]3C[C@H]([C@H](C)O)[C@@H]1N(CC[C@@]1(O)C2=Nc2ccccc21)C3. The van der Waals surface area contributed by atoms with Crippen LogP contribution in [-0.2, 0) is 15.1 Å². The van der Waals surface area contributed by atoms with Crippen molar-refractivity contribution in [3.8, 4) is 0 Å². The van der Waals surface area contributed by atoms with E-state index in [0.717, 1.165) is 24.2 Å². The number of nitrogens with zero attached hydrogens (tertiary/aromatic N) is 2. The molecule has 1 aromatic rings. The molecule has 5 aliphatic rings. The van der Waals surface area contributed by atoms with Crippen LogP contribution in [0.4, 0.5) is 5.69 Å². The first-order chi connectivity index (χ1) is 12.9. The summed E-state index contributed by atoms with van der Waals surface area (Å²) in [5.74, 6) is -0.0905. The predicted octanol–water partition coefficient (Wildman–Crippen LogP) is 1.61. The maximum atomic E-state index is 13.3. The highest BCUT2D eigenvalue weighted by Crippen LogP contribution is 2.59. The molecule has 6 rings (SSSR count). The van der Waals surface area contributed by atoms with Gasteiger partial charge in [0.25, 0.3) is 0 Å². The van der Waals surface area contributed by atoms with Crippen LogP contribution < -0.4 is 0 Å². The van der Waals surface area contributed by atoms with Crippen molar-refractivity contribution in [3.05, 3.63) is 29.8 Å². The van der Waals surface area contributed by atoms with Crippen LogP contribution in [0.15, 0.2) is 29.3 Å². The molecular formula is C21H26N2O4. The van der Waals surface area contributed by atoms with Crippen LogP contribution in [0.25, 0.3) is 0 Å². The third-order valence-electron chi connectivity index (χ3n) is 7.34. The van der Waals surface area contributed by atoms with Crippen molar-refractivity contribution in [2.75, 3.05) is 20.2 Å². The Morgan fingerprint density at radius 3 is 2.93 bits per heavy atom. The molecule has 0 radical (unpaired) electrons. The summed E-state index contributed by atoms with van der Waals surface area (Å²) >= 11 is 0.